The molecule has 20 heavy (non-hydrogen) atoms. The summed E-state index contributed by atoms with van der Waals surface area (Å²) >= 11 is 0. The molecule has 6 heteroatoms. The van der Waals surface area contributed by atoms with E-state index in [1.165, 1.54) is 0 Å². The molecule has 0 heterocycles. The van der Waals surface area contributed by atoms with Crippen LogP contribution in [0.4, 0.5) is 4.39 Å². The molecule has 1 aromatic carbocycles. The van der Waals surface area contributed by atoms with E-state index < -0.39 is 17.5 Å². The van der Waals surface area contributed by atoms with Crippen LogP contribution in [0.2, 0.25) is 0 Å². The summed E-state index contributed by atoms with van der Waals surface area (Å²) in [6, 6.07) is 5.32. The van der Waals surface area contributed by atoms with Gasteiger partial charge in [0.1, 0.15) is 5.75 Å². The molecule has 0 spiro atoms. The van der Waals surface area contributed by atoms with E-state index in [1.54, 1.807) is 19.2 Å². The van der Waals surface area contributed by atoms with Crippen molar-refractivity contribution in [2.75, 3.05) is 7.11 Å². The minimum atomic E-state index is -2.93. The summed E-state index contributed by atoms with van der Waals surface area (Å²) in [4.78, 5) is 22.1. The molecule has 0 fully saturated rings. The number of benzene rings is 1. The van der Waals surface area contributed by atoms with E-state index in [9.17, 15) is 14.0 Å². The number of carbonyl (C=O) groups excluding carboxylic acids is 1. The third-order valence-electron chi connectivity index (χ3n) is 3.01. The Labute approximate surface area is 116 Å². The fraction of sp³-hybridized carbons (Fsp3) is 0.429. The van der Waals surface area contributed by atoms with Gasteiger partial charge in [-0.3, -0.25) is 4.79 Å². The molecule has 0 aliphatic carbocycles. The number of halogens is 1. The van der Waals surface area contributed by atoms with Gasteiger partial charge in [0.2, 0.25) is 0 Å². The Morgan fingerprint density at radius 2 is 2.10 bits per heavy atom. The molecule has 0 radical (unpaired) electrons. The first-order valence-corrected chi connectivity index (χ1v) is 6.19. The summed E-state index contributed by atoms with van der Waals surface area (Å²) in [7, 11) is 1.57. The molecule has 1 rings (SSSR count). The van der Waals surface area contributed by atoms with Gasteiger partial charge in [0, 0.05) is 6.54 Å². The van der Waals surface area contributed by atoms with Crippen molar-refractivity contribution in [3.8, 4) is 5.75 Å². The third kappa shape index (κ3) is 3.46. The summed E-state index contributed by atoms with van der Waals surface area (Å²) in [6.07, 6.45) is 0.751. The van der Waals surface area contributed by atoms with Gasteiger partial charge in [0.25, 0.3) is 11.6 Å². The van der Waals surface area contributed by atoms with Crippen LogP contribution in [0.5, 0.6) is 5.75 Å². The Kier molecular flexibility index (Phi) is 5.07. The van der Waals surface area contributed by atoms with Crippen molar-refractivity contribution >= 4 is 11.9 Å². The Morgan fingerprint density at radius 1 is 1.45 bits per heavy atom. The van der Waals surface area contributed by atoms with Crippen molar-refractivity contribution in [3.05, 3.63) is 29.3 Å². The van der Waals surface area contributed by atoms with Gasteiger partial charge in [-0.15, -0.1) is 0 Å². The standard InChI is InChI=1S/C14H18FNO4/c1-4-10-7-9(5-6-11(10)20-3)8-16-12(17)14(2,15)13(18)19/h5-7H,4,8H2,1-3H3,(H,16,17)(H,18,19). The van der Waals surface area contributed by atoms with E-state index in [2.05, 4.69) is 5.32 Å². The van der Waals surface area contributed by atoms with Crippen LogP contribution in [0.1, 0.15) is 25.0 Å². The van der Waals surface area contributed by atoms with Gasteiger partial charge in [-0.05, 0) is 30.5 Å². The fourth-order valence-corrected chi connectivity index (χ4v) is 1.66. The SMILES string of the molecule is CCc1cc(CNC(=O)C(C)(F)C(=O)O)ccc1OC. The lowest BCUT2D eigenvalue weighted by Crippen LogP contribution is -2.46. The van der Waals surface area contributed by atoms with Crippen LogP contribution in [0.25, 0.3) is 0 Å². The Balaban J connectivity index is 2.76. The molecular formula is C14H18FNO4. The molecule has 0 saturated carbocycles. The summed E-state index contributed by atoms with van der Waals surface area (Å²) in [5, 5.41) is 10.9. The van der Waals surface area contributed by atoms with Gasteiger partial charge in [0.05, 0.1) is 7.11 Å². The van der Waals surface area contributed by atoms with Crippen LogP contribution in [0.15, 0.2) is 18.2 Å². The van der Waals surface area contributed by atoms with E-state index in [4.69, 9.17) is 9.84 Å². The number of carboxylic acids is 1. The quantitative estimate of drug-likeness (QED) is 0.779. The maximum absolute atomic E-state index is 13.5. The molecule has 110 valence electrons. The van der Waals surface area contributed by atoms with E-state index in [-0.39, 0.29) is 6.54 Å². The summed E-state index contributed by atoms with van der Waals surface area (Å²) in [5.41, 5.74) is -1.22. The number of ether oxygens (including phenoxy) is 1. The summed E-state index contributed by atoms with van der Waals surface area (Å²) < 4.78 is 18.7. The van der Waals surface area contributed by atoms with Crippen LogP contribution in [0.3, 0.4) is 0 Å². The minimum Gasteiger partial charge on any atom is -0.496 e. The van der Waals surface area contributed by atoms with Crippen molar-refractivity contribution in [1.29, 1.82) is 0 Å². The van der Waals surface area contributed by atoms with E-state index >= 15 is 0 Å². The Hall–Kier alpha value is -2.11. The van der Waals surface area contributed by atoms with E-state index in [1.807, 2.05) is 13.0 Å². The zero-order valence-electron chi connectivity index (χ0n) is 11.7. The van der Waals surface area contributed by atoms with Crippen LogP contribution >= 0.6 is 0 Å². The highest BCUT2D eigenvalue weighted by Crippen LogP contribution is 2.20. The third-order valence-corrected chi connectivity index (χ3v) is 3.01. The number of carboxylic acid groups (broad SMARTS) is 1. The molecule has 0 aliphatic rings. The van der Waals surface area contributed by atoms with Crippen molar-refractivity contribution in [2.24, 2.45) is 0 Å². The first-order valence-electron chi connectivity index (χ1n) is 6.19. The van der Waals surface area contributed by atoms with Gasteiger partial charge in [-0.1, -0.05) is 19.1 Å². The number of hydrogen-bond donors (Lipinski definition) is 2. The normalized spacial score (nSPS) is 13.4. The summed E-state index contributed by atoms with van der Waals surface area (Å²) in [5.74, 6) is -2.23. The molecule has 1 aromatic rings. The number of carbonyl (C=O) groups is 2. The number of hydrogen-bond acceptors (Lipinski definition) is 3. The number of methoxy groups -OCH3 is 1. The topological polar surface area (TPSA) is 75.6 Å². The molecule has 5 nitrogen and oxygen atoms in total. The molecule has 1 amide bonds. The van der Waals surface area contributed by atoms with Crippen LogP contribution in [-0.2, 0) is 22.6 Å². The van der Waals surface area contributed by atoms with E-state index in [0.717, 1.165) is 30.2 Å². The van der Waals surface area contributed by atoms with Crippen molar-refractivity contribution in [2.45, 2.75) is 32.5 Å². The monoisotopic (exact) mass is 283 g/mol. The highest BCUT2D eigenvalue weighted by molar-refractivity contribution is 6.04. The average molecular weight is 283 g/mol. The number of aliphatic carboxylic acids is 1. The van der Waals surface area contributed by atoms with Gasteiger partial charge in [-0.2, -0.15) is 0 Å². The molecule has 0 aliphatic heterocycles. The van der Waals surface area contributed by atoms with Crippen LogP contribution < -0.4 is 10.1 Å². The largest absolute Gasteiger partial charge is 0.496 e. The lowest BCUT2D eigenvalue weighted by molar-refractivity contribution is -0.156. The predicted octanol–water partition coefficient (Wildman–Crippen LogP) is 1.69. The zero-order valence-corrected chi connectivity index (χ0v) is 11.7. The second kappa shape index (κ2) is 6.36. The number of alkyl halides is 1. The molecule has 0 bridgehead atoms. The van der Waals surface area contributed by atoms with E-state index in [0.29, 0.717) is 0 Å². The molecule has 1 atom stereocenters. The first kappa shape index (κ1) is 15.9. The molecule has 1 unspecified atom stereocenters. The van der Waals surface area contributed by atoms with Gasteiger partial charge < -0.3 is 15.2 Å². The number of rotatable bonds is 6. The molecule has 0 aromatic heterocycles. The number of amides is 1. The second-order valence-electron chi connectivity index (χ2n) is 4.49. The van der Waals surface area contributed by atoms with Crippen molar-refractivity contribution in [1.82, 2.24) is 5.32 Å². The number of nitrogens with one attached hydrogen (secondary N) is 1. The Bertz CT molecular complexity index is 514. The van der Waals surface area contributed by atoms with Gasteiger partial charge >= 0.3 is 5.97 Å². The van der Waals surface area contributed by atoms with Gasteiger partial charge in [0.15, 0.2) is 0 Å². The van der Waals surface area contributed by atoms with Crippen molar-refractivity contribution < 1.29 is 23.8 Å². The minimum absolute atomic E-state index is 0.0582. The number of aryl methyl sites for hydroxylation is 1. The lowest BCUT2D eigenvalue weighted by atomic mass is 10.1. The maximum atomic E-state index is 13.5. The molecular weight excluding hydrogens is 265 g/mol. The molecule has 0 saturated heterocycles. The smallest absolute Gasteiger partial charge is 0.351 e. The lowest BCUT2D eigenvalue weighted by Gasteiger charge is -2.15. The van der Waals surface area contributed by atoms with Gasteiger partial charge in [-0.25, -0.2) is 9.18 Å². The summed E-state index contributed by atoms with van der Waals surface area (Å²) in [6.45, 7) is 2.74. The Morgan fingerprint density at radius 3 is 2.60 bits per heavy atom. The zero-order chi connectivity index (χ0) is 15.3. The average Bonchev–Trinajstić information content (AvgIpc) is 2.43. The highest BCUT2D eigenvalue weighted by atomic mass is 19.1. The predicted molar refractivity (Wildman–Crippen MR) is 71.4 cm³/mol. The van der Waals surface area contributed by atoms with Crippen molar-refractivity contribution in [3.63, 3.8) is 0 Å². The van der Waals surface area contributed by atoms with Crippen LogP contribution in [0, 0.1) is 0 Å². The maximum Gasteiger partial charge on any atom is 0.351 e. The first-order chi connectivity index (χ1) is 9.32. The van der Waals surface area contributed by atoms with Crippen LogP contribution in [-0.4, -0.2) is 29.8 Å². The fourth-order valence-electron chi connectivity index (χ4n) is 1.66. The molecule has 2 N–H and O–H groups in total. The second-order valence-corrected chi connectivity index (χ2v) is 4.49. The highest BCUT2D eigenvalue weighted by Gasteiger charge is 2.41.